The van der Waals surface area contributed by atoms with Crippen molar-refractivity contribution in [2.24, 2.45) is 10.9 Å². The second-order valence-corrected chi connectivity index (χ2v) is 6.65. The van der Waals surface area contributed by atoms with Gasteiger partial charge in [-0.25, -0.2) is 0 Å². The molecule has 0 radical (unpaired) electrons. The van der Waals surface area contributed by atoms with Gasteiger partial charge in [-0.15, -0.1) is 24.0 Å². The third kappa shape index (κ3) is 8.85. The smallest absolute Gasteiger partial charge is 0.401 e. The number of alkyl halides is 3. The molecule has 0 spiro atoms. The van der Waals surface area contributed by atoms with Crippen LogP contribution in [0, 0.1) is 5.92 Å². The van der Waals surface area contributed by atoms with E-state index < -0.39 is 12.7 Å². The van der Waals surface area contributed by atoms with E-state index in [1.807, 2.05) is 32.0 Å². The summed E-state index contributed by atoms with van der Waals surface area (Å²) in [6, 6.07) is 5.49. The number of methoxy groups -OCH3 is 1. The average Bonchev–Trinajstić information content (AvgIpc) is 3.06. The van der Waals surface area contributed by atoms with Gasteiger partial charge in [0, 0.05) is 31.4 Å². The highest BCUT2D eigenvalue weighted by Gasteiger charge is 2.34. The van der Waals surface area contributed by atoms with Crippen LogP contribution in [0.1, 0.15) is 20.3 Å². The minimum atomic E-state index is -4.15. The molecule has 1 aliphatic heterocycles. The molecule has 2 N–H and O–H groups in total. The zero-order chi connectivity index (χ0) is 20.6. The highest BCUT2D eigenvalue weighted by atomic mass is 127. The van der Waals surface area contributed by atoms with Gasteiger partial charge in [-0.3, -0.25) is 9.89 Å². The molecule has 2 rings (SSSR count). The molecule has 1 heterocycles. The molecular formula is C19H30F3IN4O2. The Balaban J connectivity index is 0.00000420. The predicted molar refractivity (Wildman–Crippen MR) is 120 cm³/mol. The minimum absolute atomic E-state index is 0. The number of nitrogens with zero attached hydrogens (tertiary/aromatic N) is 2. The van der Waals surface area contributed by atoms with Gasteiger partial charge in [0.2, 0.25) is 0 Å². The van der Waals surface area contributed by atoms with E-state index in [-0.39, 0.29) is 29.9 Å². The lowest BCUT2D eigenvalue weighted by Crippen LogP contribution is -2.33. The molecule has 1 aromatic rings. The number of rotatable bonds is 8. The largest absolute Gasteiger partial charge is 0.493 e. The Labute approximate surface area is 187 Å². The number of benzene rings is 1. The monoisotopic (exact) mass is 530 g/mol. The Bertz CT molecular complexity index is 659. The fourth-order valence-corrected chi connectivity index (χ4v) is 3.15. The average molecular weight is 530 g/mol. The zero-order valence-electron chi connectivity index (χ0n) is 17.0. The Kier molecular flexibility index (Phi) is 10.9. The minimum Gasteiger partial charge on any atom is -0.493 e. The number of aliphatic imine (C=N–C) groups is 1. The van der Waals surface area contributed by atoms with Gasteiger partial charge in [0.15, 0.2) is 17.5 Å². The number of guanidine groups is 1. The van der Waals surface area contributed by atoms with Gasteiger partial charge in [-0.1, -0.05) is 0 Å². The normalized spacial score (nSPS) is 17.6. The summed E-state index contributed by atoms with van der Waals surface area (Å²) in [5, 5.41) is 6.37. The molecule has 6 nitrogen and oxygen atoms in total. The zero-order valence-corrected chi connectivity index (χ0v) is 19.3. The molecule has 1 unspecified atom stereocenters. The third-order valence-corrected chi connectivity index (χ3v) is 4.35. The molecule has 166 valence electrons. The summed E-state index contributed by atoms with van der Waals surface area (Å²) in [4.78, 5) is 6.00. The van der Waals surface area contributed by atoms with Crippen molar-refractivity contribution < 1.29 is 22.6 Å². The van der Waals surface area contributed by atoms with Gasteiger partial charge >= 0.3 is 6.18 Å². The number of hydrogen-bond acceptors (Lipinski definition) is 4. The van der Waals surface area contributed by atoms with Crippen molar-refractivity contribution in [1.82, 2.24) is 10.2 Å². The van der Waals surface area contributed by atoms with Crippen LogP contribution < -0.4 is 20.1 Å². The Morgan fingerprint density at radius 1 is 1.28 bits per heavy atom. The first kappa shape index (κ1) is 25.6. The fourth-order valence-electron chi connectivity index (χ4n) is 3.15. The van der Waals surface area contributed by atoms with Crippen LogP contribution >= 0.6 is 24.0 Å². The van der Waals surface area contributed by atoms with E-state index in [9.17, 15) is 13.2 Å². The van der Waals surface area contributed by atoms with Crippen molar-refractivity contribution in [3.8, 4) is 11.5 Å². The third-order valence-electron chi connectivity index (χ3n) is 4.35. The summed E-state index contributed by atoms with van der Waals surface area (Å²) < 4.78 is 48.4. The Morgan fingerprint density at radius 3 is 2.66 bits per heavy atom. The molecule has 29 heavy (non-hydrogen) atoms. The lowest BCUT2D eigenvalue weighted by Gasteiger charge is -2.18. The van der Waals surface area contributed by atoms with E-state index in [0.717, 1.165) is 12.1 Å². The van der Waals surface area contributed by atoms with Gasteiger partial charge in [-0.2, -0.15) is 13.2 Å². The number of hydrogen-bond donors (Lipinski definition) is 2. The molecule has 1 aliphatic rings. The first-order valence-electron chi connectivity index (χ1n) is 9.49. The van der Waals surface area contributed by atoms with E-state index in [0.29, 0.717) is 50.2 Å². The number of likely N-dealkylation sites (tertiary alicyclic amines) is 1. The molecule has 0 aromatic heterocycles. The van der Waals surface area contributed by atoms with Crippen molar-refractivity contribution in [2.75, 3.05) is 51.8 Å². The van der Waals surface area contributed by atoms with Crippen LogP contribution in [0.3, 0.4) is 0 Å². The quantitative estimate of drug-likeness (QED) is 0.303. The standard InChI is InChI=1S/C19H29F3N4O2.HI/c1-4-23-18(24-11-14-8-9-26(12-14)13-19(20,21)22)25-15-6-7-16(27-3)17(10-15)28-5-2;/h6-7,10,14H,4-5,8-9,11-13H2,1-3H3,(H2,23,24,25);1H. The summed E-state index contributed by atoms with van der Waals surface area (Å²) >= 11 is 0. The van der Waals surface area contributed by atoms with Crippen LogP contribution in [-0.2, 0) is 0 Å². The highest BCUT2D eigenvalue weighted by molar-refractivity contribution is 14.0. The summed E-state index contributed by atoms with van der Waals surface area (Å²) in [7, 11) is 1.58. The molecule has 1 aromatic carbocycles. The maximum Gasteiger partial charge on any atom is 0.401 e. The summed E-state index contributed by atoms with van der Waals surface area (Å²) in [5.41, 5.74) is 0.786. The Morgan fingerprint density at radius 2 is 2.03 bits per heavy atom. The van der Waals surface area contributed by atoms with Crippen LogP contribution in [0.15, 0.2) is 23.2 Å². The molecular weight excluding hydrogens is 500 g/mol. The molecule has 0 saturated carbocycles. The van der Waals surface area contributed by atoms with Gasteiger partial charge in [0.25, 0.3) is 0 Å². The molecule has 1 fully saturated rings. The fraction of sp³-hybridized carbons (Fsp3) is 0.632. The van der Waals surface area contributed by atoms with Crippen LogP contribution in [0.25, 0.3) is 0 Å². The lowest BCUT2D eigenvalue weighted by molar-refractivity contribution is -0.143. The first-order chi connectivity index (χ1) is 13.3. The van der Waals surface area contributed by atoms with Crippen molar-refractivity contribution in [2.45, 2.75) is 26.4 Å². The van der Waals surface area contributed by atoms with Crippen molar-refractivity contribution >= 4 is 35.6 Å². The maximum atomic E-state index is 12.5. The number of halogens is 4. The van der Waals surface area contributed by atoms with E-state index in [4.69, 9.17) is 9.47 Å². The van der Waals surface area contributed by atoms with E-state index >= 15 is 0 Å². The van der Waals surface area contributed by atoms with E-state index in [1.54, 1.807) is 7.11 Å². The van der Waals surface area contributed by atoms with Crippen LogP contribution in [0.4, 0.5) is 18.9 Å². The second kappa shape index (κ2) is 12.3. The van der Waals surface area contributed by atoms with Gasteiger partial charge in [-0.05, 0) is 44.9 Å². The van der Waals surface area contributed by atoms with Gasteiger partial charge in [0.05, 0.1) is 20.3 Å². The molecule has 1 saturated heterocycles. The molecule has 0 bridgehead atoms. The summed E-state index contributed by atoms with van der Waals surface area (Å²) in [6.07, 6.45) is -3.43. The number of anilines is 1. The van der Waals surface area contributed by atoms with Crippen molar-refractivity contribution in [1.29, 1.82) is 0 Å². The Hall–Kier alpha value is -1.43. The SMILES string of the molecule is CCNC(=NCC1CCN(CC(F)(F)F)C1)Nc1ccc(OC)c(OCC)c1.I. The maximum absolute atomic E-state index is 12.5. The second-order valence-electron chi connectivity index (χ2n) is 6.65. The predicted octanol–water partition coefficient (Wildman–Crippen LogP) is 3.97. The highest BCUT2D eigenvalue weighted by Crippen LogP contribution is 2.30. The topological polar surface area (TPSA) is 58.1 Å². The molecule has 1 atom stereocenters. The number of nitrogens with one attached hydrogen (secondary N) is 2. The molecule has 10 heteroatoms. The van der Waals surface area contributed by atoms with Gasteiger partial charge in [0.1, 0.15) is 0 Å². The summed E-state index contributed by atoms with van der Waals surface area (Å²) in [5.74, 6) is 1.98. The molecule has 0 aliphatic carbocycles. The number of ether oxygens (including phenoxy) is 2. The lowest BCUT2D eigenvalue weighted by atomic mass is 10.1. The van der Waals surface area contributed by atoms with Crippen molar-refractivity contribution in [3.63, 3.8) is 0 Å². The van der Waals surface area contributed by atoms with Crippen LogP contribution in [0.5, 0.6) is 11.5 Å². The van der Waals surface area contributed by atoms with Gasteiger partial charge < -0.3 is 20.1 Å². The van der Waals surface area contributed by atoms with Crippen molar-refractivity contribution in [3.05, 3.63) is 18.2 Å². The molecule has 0 amide bonds. The van der Waals surface area contributed by atoms with E-state index in [1.165, 1.54) is 4.90 Å². The van der Waals surface area contributed by atoms with Crippen LogP contribution in [0.2, 0.25) is 0 Å². The van der Waals surface area contributed by atoms with Crippen LogP contribution in [-0.4, -0.2) is 63.5 Å². The first-order valence-corrected chi connectivity index (χ1v) is 9.49. The van der Waals surface area contributed by atoms with E-state index in [2.05, 4.69) is 15.6 Å². The summed E-state index contributed by atoms with van der Waals surface area (Å²) in [6.45, 7) is 5.54.